The van der Waals surface area contributed by atoms with Crippen molar-refractivity contribution >= 4 is 21.8 Å². The Bertz CT molecular complexity index is 346. The monoisotopic (exact) mass is 297 g/mol. The zero-order valence-electron chi connectivity index (χ0n) is 10.5. The van der Waals surface area contributed by atoms with Gasteiger partial charge >= 0.3 is 0 Å². The van der Waals surface area contributed by atoms with Crippen molar-refractivity contribution in [2.45, 2.75) is 37.9 Å². The van der Waals surface area contributed by atoms with E-state index in [-0.39, 0.29) is 5.91 Å². The molecule has 1 aromatic carbocycles. The Morgan fingerprint density at radius 1 is 1.35 bits per heavy atom. The molecule has 0 spiro atoms. The first kappa shape index (κ1) is 14.2. The van der Waals surface area contributed by atoms with Gasteiger partial charge in [0.2, 0.25) is 0 Å². The van der Waals surface area contributed by atoms with E-state index in [4.69, 9.17) is 0 Å². The Hall–Kier alpha value is -0.830. The summed E-state index contributed by atoms with van der Waals surface area (Å²) in [5, 5.41) is 2.93. The van der Waals surface area contributed by atoms with Gasteiger partial charge in [-0.1, -0.05) is 41.9 Å². The molecule has 94 valence electrons. The van der Waals surface area contributed by atoms with Gasteiger partial charge in [0, 0.05) is 16.9 Å². The predicted octanol–water partition coefficient (Wildman–Crippen LogP) is 3.54. The molecule has 1 atom stereocenters. The van der Waals surface area contributed by atoms with Gasteiger partial charge in [0.25, 0.3) is 5.91 Å². The number of hydrogen-bond acceptors (Lipinski definition) is 1. The molecule has 1 unspecified atom stereocenters. The number of halogens is 1. The number of hydrogen-bond donors (Lipinski definition) is 1. The Morgan fingerprint density at radius 2 is 2.00 bits per heavy atom. The molecule has 1 N–H and O–H groups in total. The van der Waals surface area contributed by atoms with Crippen LogP contribution in [0.25, 0.3) is 0 Å². The normalized spacial score (nSPS) is 12.2. The summed E-state index contributed by atoms with van der Waals surface area (Å²) in [6.07, 6.45) is 3.09. The van der Waals surface area contributed by atoms with Crippen LogP contribution in [0.15, 0.2) is 24.3 Å². The summed E-state index contributed by atoms with van der Waals surface area (Å²) < 4.78 is 0. The highest BCUT2D eigenvalue weighted by Crippen LogP contribution is 2.07. The quantitative estimate of drug-likeness (QED) is 0.631. The molecule has 0 aliphatic rings. The number of benzene rings is 1. The summed E-state index contributed by atoms with van der Waals surface area (Å²) in [6, 6.07) is 7.80. The van der Waals surface area contributed by atoms with Crippen molar-refractivity contribution in [1.82, 2.24) is 5.32 Å². The van der Waals surface area contributed by atoms with Crippen LogP contribution in [-0.4, -0.2) is 17.3 Å². The molecule has 0 aliphatic carbocycles. The third kappa shape index (κ3) is 5.35. The van der Waals surface area contributed by atoms with E-state index in [9.17, 15) is 4.79 Å². The Kier molecular flexibility index (Phi) is 6.27. The topological polar surface area (TPSA) is 29.1 Å². The molecular weight excluding hydrogens is 278 g/mol. The predicted molar refractivity (Wildman–Crippen MR) is 75.8 cm³/mol. The van der Waals surface area contributed by atoms with Crippen molar-refractivity contribution < 1.29 is 4.79 Å². The number of carbonyl (C=O) groups is 1. The van der Waals surface area contributed by atoms with Gasteiger partial charge < -0.3 is 5.32 Å². The number of nitrogens with one attached hydrogen (secondary N) is 1. The van der Waals surface area contributed by atoms with Crippen molar-refractivity contribution in [2.75, 3.05) is 6.54 Å². The molecule has 0 aliphatic heterocycles. The molecule has 1 rings (SSSR count). The van der Waals surface area contributed by atoms with Crippen molar-refractivity contribution in [3.63, 3.8) is 0 Å². The second-order valence-electron chi connectivity index (χ2n) is 4.23. The Labute approximate surface area is 112 Å². The van der Waals surface area contributed by atoms with Crippen LogP contribution in [0.3, 0.4) is 0 Å². The van der Waals surface area contributed by atoms with Crippen molar-refractivity contribution in [1.29, 1.82) is 0 Å². The summed E-state index contributed by atoms with van der Waals surface area (Å²) in [7, 11) is 0. The number of alkyl halides is 1. The lowest BCUT2D eigenvalue weighted by molar-refractivity contribution is 0.0953. The van der Waals surface area contributed by atoms with Crippen LogP contribution >= 0.6 is 15.9 Å². The molecule has 1 aromatic rings. The maximum atomic E-state index is 11.8. The van der Waals surface area contributed by atoms with Gasteiger partial charge in [-0.05, 0) is 37.0 Å². The molecule has 0 heterocycles. The maximum absolute atomic E-state index is 11.8. The van der Waals surface area contributed by atoms with Crippen molar-refractivity contribution in [3.05, 3.63) is 35.4 Å². The SMILES string of the molecule is CCc1ccc(C(=O)NCCCC(C)Br)cc1. The molecule has 0 aromatic heterocycles. The van der Waals surface area contributed by atoms with Crippen LogP contribution in [0.5, 0.6) is 0 Å². The second-order valence-corrected chi connectivity index (χ2v) is 5.79. The van der Waals surface area contributed by atoms with E-state index in [0.29, 0.717) is 4.83 Å². The average molecular weight is 298 g/mol. The van der Waals surface area contributed by atoms with E-state index in [1.54, 1.807) is 0 Å². The second kappa shape index (κ2) is 7.49. The first-order chi connectivity index (χ1) is 8.13. The Balaban J connectivity index is 2.36. The molecule has 17 heavy (non-hydrogen) atoms. The molecule has 3 heteroatoms. The van der Waals surface area contributed by atoms with Crippen molar-refractivity contribution in [2.24, 2.45) is 0 Å². The average Bonchev–Trinajstić information content (AvgIpc) is 2.34. The highest BCUT2D eigenvalue weighted by molar-refractivity contribution is 9.09. The third-order valence-electron chi connectivity index (χ3n) is 2.69. The van der Waals surface area contributed by atoms with Gasteiger partial charge in [0.15, 0.2) is 0 Å². The number of aryl methyl sites for hydroxylation is 1. The zero-order valence-corrected chi connectivity index (χ0v) is 12.1. The standard InChI is InChI=1S/C14H20BrNO/c1-3-12-6-8-13(9-7-12)14(17)16-10-4-5-11(2)15/h6-9,11H,3-5,10H2,1-2H3,(H,16,17). The van der Waals surface area contributed by atoms with Gasteiger partial charge in [-0.25, -0.2) is 0 Å². The number of carbonyl (C=O) groups excluding carboxylic acids is 1. The van der Waals surface area contributed by atoms with E-state index < -0.39 is 0 Å². The minimum absolute atomic E-state index is 0.0230. The number of rotatable bonds is 6. The summed E-state index contributed by atoms with van der Waals surface area (Å²) in [5.41, 5.74) is 2.00. The summed E-state index contributed by atoms with van der Waals surface area (Å²) >= 11 is 3.49. The van der Waals surface area contributed by atoms with E-state index in [1.807, 2.05) is 24.3 Å². The van der Waals surface area contributed by atoms with E-state index in [0.717, 1.165) is 31.4 Å². The Morgan fingerprint density at radius 3 is 2.53 bits per heavy atom. The molecular formula is C14H20BrNO. The highest BCUT2D eigenvalue weighted by atomic mass is 79.9. The lowest BCUT2D eigenvalue weighted by Crippen LogP contribution is -2.24. The first-order valence-corrected chi connectivity index (χ1v) is 7.06. The van der Waals surface area contributed by atoms with E-state index in [1.165, 1.54) is 5.56 Å². The number of amides is 1. The van der Waals surface area contributed by atoms with Gasteiger partial charge in [-0.2, -0.15) is 0 Å². The molecule has 0 bridgehead atoms. The van der Waals surface area contributed by atoms with Crippen molar-refractivity contribution in [3.8, 4) is 0 Å². The van der Waals surface area contributed by atoms with Gasteiger partial charge in [-0.3, -0.25) is 4.79 Å². The van der Waals surface area contributed by atoms with Crippen LogP contribution in [0.1, 0.15) is 42.6 Å². The zero-order chi connectivity index (χ0) is 12.7. The van der Waals surface area contributed by atoms with Crippen LogP contribution in [0.2, 0.25) is 0 Å². The highest BCUT2D eigenvalue weighted by Gasteiger charge is 2.04. The van der Waals surface area contributed by atoms with E-state index in [2.05, 4.69) is 35.1 Å². The maximum Gasteiger partial charge on any atom is 0.251 e. The molecule has 0 fully saturated rings. The van der Waals surface area contributed by atoms with Crippen LogP contribution in [0.4, 0.5) is 0 Å². The lowest BCUT2D eigenvalue weighted by atomic mass is 10.1. The summed E-state index contributed by atoms with van der Waals surface area (Å²) in [4.78, 5) is 12.3. The fraction of sp³-hybridized carbons (Fsp3) is 0.500. The van der Waals surface area contributed by atoms with Crippen LogP contribution in [-0.2, 0) is 6.42 Å². The van der Waals surface area contributed by atoms with Gasteiger partial charge in [0.1, 0.15) is 0 Å². The minimum Gasteiger partial charge on any atom is -0.352 e. The van der Waals surface area contributed by atoms with Crippen LogP contribution < -0.4 is 5.32 Å². The van der Waals surface area contributed by atoms with Crippen LogP contribution in [0, 0.1) is 0 Å². The molecule has 2 nitrogen and oxygen atoms in total. The summed E-state index contributed by atoms with van der Waals surface area (Å²) in [5.74, 6) is 0.0230. The molecule has 0 radical (unpaired) electrons. The first-order valence-electron chi connectivity index (χ1n) is 6.14. The van der Waals surface area contributed by atoms with E-state index >= 15 is 0 Å². The molecule has 1 amide bonds. The fourth-order valence-electron chi connectivity index (χ4n) is 1.58. The largest absolute Gasteiger partial charge is 0.352 e. The molecule has 0 saturated heterocycles. The van der Waals surface area contributed by atoms with Gasteiger partial charge in [-0.15, -0.1) is 0 Å². The smallest absolute Gasteiger partial charge is 0.251 e. The molecule has 0 saturated carbocycles. The lowest BCUT2D eigenvalue weighted by Gasteiger charge is -2.06. The van der Waals surface area contributed by atoms with Gasteiger partial charge in [0.05, 0.1) is 0 Å². The third-order valence-corrected chi connectivity index (χ3v) is 3.15. The minimum atomic E-state index is 0.0230. The fourth-order valence-corrected chi connectivity index (χ4v) is 1.90. The summed E-state index contributed by atoms with van der Waals surface area (Å²) in [6.45, 7) is 4.96.